The first-order chi connectivity index (χ1) is 40.7. The van der Waals surface area contributed by atoms with E-state index in [9.17, 15) is 0 Å². The van der Waals surface area contributed by atoms with E-state index in [4.69, 9.17) is 8.83 Å². The lowest BCUT2D eigenvalue weighted by atomic mass is 9.80. The molecule has 2 aliphatic rings. The molecule has 83 heavy (non-hydrogen) atoms. The van der Waals surface area contributed by atoms with Crippen LogP contribution in [0, 0.1) is 0 Å². The van der Waals surface area contributed by atoms with Crippen LogP contribution in [0.5, 0.6) is 0 Å². The molecule has 0 amide bonds. The van der Waals surface area contributed by atoms with Gasteiger partial charge in [-0.3, -0.25) is 0 Å². The molecule has 0 radical (unpaired) electrons. The van der Waals surface area contributed by atoms with Crippen molar-refractivity contribution in [3.05, 3.63) is 283 Å². The molecule has 0 aliphatic heterocycles. The highest BCUT2D eigenvalue weighted by Gasteiger charge is 2.44. The Morgan fingerprint density at radius 3 is 1.05 bits per heavy atom. The SMILES string of the molecule is CC1(C)c2cc(N(c3ccc(-c4ccccc4)cc3-c3ccccc3)c3cc4c(c5ccccc35)-c3c(cc(-c5ccccc5)c5c3oc3ccccc35)C4(C)C)c3ccccc3c2-c2c1cc(-c1ccccc1)c1c2oc2ccccc21. The fraction of sp³-hybridized carbons (Fsp3) is 0.0750. The van der Waals surface area contributed by atoms with E-state index in [2.05, 4.69) is 293 Å². The highest BCUT2D eigenvalue weighted by Crippen LogP contribution is 2.62. The van der Waals surface area contributed by atoms with Gasteiger partial charge in [0, 0.05) is 59.8 Å². The third kappa shape index (κ3) is 6.80. The zero-order valence-electron chi connectivity index (χ0n) is 46.6. The summed E-state index contributed by atoms with van der Waals surface area (Å²) in [7, 11) is 0. The molecule has 17 rings (SSSR count). The Kier molecular flexibility index (Phi) is 10.1. The number of hydrogen-bond donors (Lipinski definition) is 0. The van der Waals surface area contributed by atoms with Gasteiger partial charge in [-0.15, -0.1) is 0 Å². The van der Waals surface area contributed by atoms with Crippen molar-refractivity contribution in [2.45, 2.75) is 38.5 Å². The van der Waals surface area contributed by atoms with Crippen molar-refractivity contribution in [3.63, 3.8) is 0 Å². The van der Waals surface area contributed by atoms with Crippen LogP contribution in [0.2, 0.25) is 0 Å². The molecule has 0 saturated heterocycles. The molecule has 13 aromatic carbocycles. The van der Waals surface area contributed by atoms with Crippen molar-refractivity contribution in [2.75, 3.05) is 4.90 Å². The average Bonchev–Trinajstić information content (AvgIpc) is 3.79. The van der Waals surface area contributed by atoms with Gasteiger partial charge in [-0.2, -0.15) is 0 Å². The van der Waals surface area contributed by atoms with Crippen LogP contribution in [0.25, 0.3) is 132 Å². The second-order valence-electron chi connectivity index (χ2n) is 23.8. The minimum Gasteiger partial charge on any atom is -0.455 e. The fourth-order valence-corrected chi connectivity index (χ4v) is 14.6. The third-order valence-electron chi connectivity index (χ3n) is 18.6. The largest absolute Gasteiger partial charge is 0.455 e. The number of fused-ring (bicyclic) bond motifs is 18. The summed E-state index contributed by atoms with van der Waals surface area (Å²) in [5.41, 5.74) is 25.3. The summed E-state index contributed by atoms with van der Waals surface area (Å²) in [5.74, 6) is 0. The van der Waals surface area contributed by atoms with Gasteiger partial charge in [0.2, 0.25) is 0 Å². The Bertz CT molecular complexity index is 4920. The molecule has 0 fully saturated rings. The van der Waals surface area contributed by atoms with Crippen LogP contribution >= 0.6 is 0 Å². The molecule has 0 saturated carbocycles. The minimum absolute atomic E-state index is 0.441. The van der Waals surface area contributed by atoms with Crippen molar-refractivity contribution in [3.8, 4) is 66.8 Å². The van der Waals surface area contributed by atoms with Gasteiger partial charge < -0.3 is 13.7 Å². The lowest BCUT2D eigenvalue weighted by molar-refractivity contribution is 0.653. The quantitative estimate of drug-likeness (QED) is 0.159. The van der Waals surface area contributed by atoms with Gasteiger partial charge in [0.1, 0.15) is 22.3 Å². The standard InChI is InChI=1S/C80H55NO2/c1-79(2)62-44-60(50-29-13-7-14-30-50)71-57-37-21-23-39-69(57)82-77(71)75(62)73-55-35-19-17-33-53(55)67(46-64(73)79)81(66-42-41-52(48-25-9-5-10-26-48)43-59(66)49-27-11-6-12-28-49)68-47-65-74(56-36-20-18-34-54(56)68)76-63(80(65,3)4)45-61(51-31-15-8-16-32-51)72-58-38-22-24-40-70(58)83-78(72)76/h5-47H,1-4H3. The van der Waals surface area contributed by atoms with Crippen LogP contribution in [-0.4, -0.2) is 0 Å². The van der Waals surface area contributed by atoms with E-state index < -0.39 is 10.8 Å². The van der Waals surface area contributed by atoms with Gasteiger partial charge >= 0.3 is 0 Å². The van der Waals surface area contributed by atoms with Crippen LogP contribution in [-0.2, 0) is 10.8 Å². The second kappa shape index (κ2) is 17.6. The first-order valence-corrected chi connectivity index (χ1v) is 29.0. The van der Waals surface area contributed by atoms with Gasteiger partial charge in [-0.05, 0) is 132 Å². The molecule has 2 aliphatic carbocycles. The Balaban J connectivity index is 0.993. The predicted octanol–water partition coefficient (Wildman–Crippen LogP) is 22.5. The van der Waals surface area contributed by atoms with E-state index in [1.807, 2.05) is 0 Å². The monoisotopic (exact) mass is 1060 g/mol. The number of nitrogens with zero attached hydrogens (tertiary/aromatic N) is 1. The zero-order valence-corrected chi connectivity index (χ0v) is 46.6. The maximum atomic E-state index is 7.18. The normalized spacial score (nSPS) is 13.7. The summed E-state index contributed by atoms with van der Waals surface area (Å²) < 4.78 is 14.4. The Labute approximate surface area is 482 Å². The van der Waals surface area contributed by atoms with Crippen LogP contribution in [0.4, 0.5) is 17.1 Å². The molecule has 0 unspecified atom stereocenters. The van der Waals surface area contributed by atoms with E-state index >= 15 is 0 Å². The average molecular weight is 1060 g/mol. The number of benzene rings is 13. The summed E-state index contributed by atoms with van der Waals surface area (Å²) in [6.45, 7) is 9.67. The summed E-state index contributed by atoms with van der Waals surface area (Å²) in [5, 5.41) is 9.24. The molecule has 2 aromatic heterocycles. The molecule has 0 atom stereocenters. The summed E-state index contributed by atoms with van der Waals surface area (Å²) >= 11 is 0. The van der Waals surface area contributed by atoms with E-state index in [-0.39, 0.29) is 0 Å². The molecule has 2 heterocycles. The molecule has 3 nitrogen and oxygen atoms in total. The van der Waals surface area contributed by atoms with Crippen molar-refractivity contribution in [1.29, 1.82) is 0 Å². The van der Waals surface area contributed by atoms with E-state index in [1.54, 1.807) is 0 Å². The van der Waals surface area contributed by atoms with Crippen molar-refractivity contribution in [2.24, 2.45) is 0 Å². The topological polar surface area (TPSA) is 29.5 Å². The maximum absolute atomic E-state index is 7.18. The highest BCUT2D eigenvalue weighted by molar-refractivity contribution is 6.24. The minimum atomic E-state index is -0.441. The Morgan fingerprint density at radius 2 is 0.614 bits per heavy atom. The van der Waals surface area contributed by atoms with Crippen LogP contribution in [0.3, 0.4) is 0 Å². The lowest BCUT2D eigenvalue weighted by Gasteiger charge is -2.33. The predicted molar refractivity (Wildman–Crippen MR) is 348 cm³/mol. The third-order valence-corrected chi connectivity index (χ3v) is 18.6. The van der Waals surface area contributed by atoms with E-state index in [0.717, 1.165) is 88.4 Å². The number of para-hydroxylation sites is 2. The van der Waals surface area contributed by atoms with Gasteiger partial charge in [-0.25, -0.2) is 0 Å². The number of furan rings is 2. The zero-order chi connectivity index (χ0) is 55.3. The molecule has 0 spiro atoms. The van der Waals surface area contributed by atoms with Crippen LogP contribution in [0.15, 0.2) is 270 Å². The summed E-state index contributed by atoms with van der Waals surface area (Å²) in [6, 6.07) is 96.0. The number of anilines is 3. The first kappa shape index (κ1) is 47.6. The van der Waals surface area contributed by atoms with Gasteiger partial charge in [-0.1, -0.05) is 240 Å². The smallest absolute Gasteiger partial charge is 0.144 e. The van der Waals surface area contributed by atoms with Crippen molar-refractivity contribution in [1.82, 2.24) is 0 Å². The summed E-state index contributed by atoms with van der Waals surface area (Å²) in [4.78, 5) is 2.62. The van der Waals surface area contributed by atoms with Crippen LogP contribution < -0.4 is 4.90 Å². The first-order valence-electron chi connectivity index (χ1n) is 29.0. The molecule has 0 bridgehead atoms. The van der Waals surface area contributed by atoms with Crippen LogP contribution in [0.1, 0.15) is 49.9 Å². The molecule has 15 aromatic rings. The van der Waals surface area contributed by atoms with Gasteiger partial charge in [0.15, 0.2) is 0 Å². The molecule has 392 valence electrons. The Hall–Kier alpha value is -10.2. The second-order valence-corrected chi connectivity index (χ2v) is 23.8. The molecular formula is C80H55NO2. The Morgan fingerprint density at radius 1 is 0.265 bits per heavy atom. The number of hydrogen-bond acceptors (Lipinski definition) is 3. The maximum Gasteiger partial charge on any atom is 0.144 e. The van der Waals surface area contributed by atoms with Crippen molar-refractivity contribution < 1.29 is 8.83 Å². The molecule has 0 N–H and O–H groups in total. The lowest BCUT2D eigenvalue weighted by Crippen LogP contribution is -2.19. The van der Waals surface area contributed by atoms with Crippen molar-refractivity contribution >= 4 is 82.5 Å². The van der Waals surface area contributed by atoms with E-state index in [1.165, 1.54) is 83.1 Å². The fourth-order valence-electron chi connectivity index (χ4n) is 14.6. The van der Waals surface area contributed by atoms with E-state index in [0.29, 0.717) is 0 Å². The van der Waals surface area contributed by atoms with Gasteiger partial charge in [0.25, 0.3) is 0 Å². The summed E-state index contributed by atoms with van der Waals surface area (Å²) in [6.07, 6.45) is 0. The molecule has 3 heteroatoms. The number of rotatable bonds is 7. The molecular weight excluding hydrogens is 1010 g/mol. The highest BCUT2D eigenvalue weighted by atomic mass is 16.3. The van der Waals surface area contributed by atoms with Gasteiger partial charge in [0.05, 0.1) is 17.1 Å².